The van der Waals surface area contributed by atoms with Crippen LogP contribution in [-0.2, 0) is 0 Å². The van der Waals surface area contributed by atoms with Crippen molar-refractivity contribution in [3.63, 3.8) is 0 Å². The molecule has 0 saturated heterocycles. The molecule has 0 amide bonds. The van der Waals surface area contributed by atoms with Gasteiger partial charge in [-0.05, 0) is 35.9 Å². The van der Waals surface area contributed by atoms with Crippen LogP contribution in [0.3, 0.4) is 0 Å². The van der Waals surface area contributed by atoms with Crippen molar-refractivity contribution in [3.05, 3.63) is 65.9 Å². The summed E-state index contributed by atoms with van der Waals surface area (Å²) in [5.41, 5.74) is 2.25. The van der Waals surface area contributed by atoms with Gasteiger partial charge < -0.3 is 4.74 Å². The highest BCUT2D eigenvalue weighted by molar-refractivity contribution is 5.77. The zero-order valence-corrected chi connectivity index (χ0v) is 12.6. The fourth-order valence-corrected chi connectivity index (χ4v) is 2.29. The molecule has 24 heavy (non-hydrogen) atoms. The van der Waals surface area contributed by atoms with Gasteiger partial charge in [0.15, 0.2) is 0 Å². The van der Waals surface area contributed by atoms with Gasteiger partial charge in [0, 0.05) is 5.56 Å². The Kier molecular flexibility index (Phi) is 4.17. The first-order valence-electron chi connectivity index (χ1n) is 6.99. The number of rotatable bonds is 3. The van der Waals surface area contributed by atoms with Crippen LogP contribution in [0.2, 0.25) is 0 Å². The van der Waals surface area contributed by atoms with E-state index in [-0.39, 0.29) is 17.3 Å². The molecule has 3 rings (SSSR count). The highest BCUT2D eigenvalue weighted by atomic mass is 19.1. The van der Waals surface area contributed by atoms with Crippen LogP contribution in [0.15, 0.2) is 48.7 Å². The van der Waals surface area contributed by atoms with Crippen molar-refractivity contribution in [2.75, 3.05) is 7.11 Å². The average molecular weight is 323 g/mol. The van der Waals surface area contributed by atoms with E-state index in [2.05, 4.69) is 16.0 Å². The van der Waals surface area contributed by atoms with E-state index in [4.69, 9.17) is 4.74 Å². The molecule has 0 aliphatic carbocycles. The monoisotopic (exact) mass is 323 g/mol. The molecule has 0 fully saturated rings. The van der Waals surface area contributed by atoms with E-state index in [0.717, 1.165) is 6.20 Å². The Bertz CT molecular complexity index is 917. The predicted molar refractivity (Wildman–Crippen MR) is 84.1 cm³/mol. The van der Waals surface area contributed by atoms with Gasteiger partial charge in [-0.25, -0.2) is 13.8 Å². The van der Waals surface area contributed by atoms with Crippen molar-refractivity contribution >= 4 is 0 Å². The molecule has 0 spiro atoms. The molecule has 4 nitrogen and oxygen atoms in total. The maximum atomic E-state index is 13.2. The molecule has 6 heteroatoms. The lowest BCUT2D eigenvalue weighted by molar-refractivity contribution is 0.397. The Morgan fingerprint density at radius 1 is 1.00 bits per heavy atom. The fourth-order valence-electron chi connectivity index (χ4n) is 2.29. The number of halogens is 2. The van der Waals surface area contributed by atoms with E-state index in [1.165, 1.54) is 31.4 Å². The van der Waals surface area contributed by atoms with Crippen LogP contribution in [0.5, 0.6) is 5.88 Å². The molecule has 0 bridgehead atoms. The van der Waals surface area contributed by atoms with Gasteiger partial charge in [0.2, 0.25) is 5.88 Å². The van der Waals surface area contributed by atoms with Crippen molar-refractivity contribution in [2.24, 2.45) is 0 Å². The molecule has 2 aromatic heterocycles. The average Bonchev–Trinajstić information content (AvgIpc) is 2.62. The van der Waals surface area contributed by atoms with Crippen LogP contribution in [0.25, 0.3) is 22.5 Å². The SMILES string of the molecule is COc1nc(-c2ccc(F)cn2)cc(-c2ccc(F)cc2)c1C#N. The van der Waals surface area contributed by atoms with Crippen molar-refractivity contribution in [2.45, 2.75) is 0 Å². The topological polar surface area (TPSA) is 58.8 Å². The smallest absolute Gasteiger partial charge is 0.232 e. The van der Waals surface area contributed by atoms with E-state index in [1.54, 1.807) is 18.2 Å². The van der Waals surface area contributed by atoms with Gasteiger partial charge in [0.25, 0.3) is 0 Å². The fraction of sp³-hybridized carbons (Fsp3) is 0.0556. The first kappa shape index (κ1) is 15.6. The standard InChI is InChI=1S/C18H11F2N3O/c1-24-18-15(9-21)14(11-2-4-12(19)5-3-11)8-17(23-18)16-7-6-13(20)10-22-16/h2-8,10H,1H3. The van der Waals surface area contributed by atoms with E-state index in [1.807, 2.05) is 0 Å². The van der Waals surface area contributed by atoms with Crippen LogP contribution in [0, 0.1) is 23.0 Å². The highest BCUT2D eigenvalue weighted by Crippen LogP contribution is 2.32. The normalized spacial score (nSPS) is 10.2. The van der Waals surface area contributed by atoms with Crippen LogP contribution >= 0.6 is 0 Å². The second kappa shape index (κ2) is 6.42. The first-order valence-corrected chi connectivity index (χ1v) is 6.99. The van der Waals surface area contributed by atoms with Crippen molar-refractivity contribution in [3.8, 4) is 34.5 Å². The Balaban J connectivity index is 2.23. The molecular formula is C18H11F2N3O. The summed E-state index contributed by atoms with van der Waals surface area (Å²) in [6.45, 7) is 0. The summed E-state index contributed by atoms with van der Waals surface area (Å²) in [5, 5.41) is 9.43. The van der Waals surface area contributed by atoms with Gasteiger partial charge in [-0.15, -0.1) is 0 Å². The van der Waals surface area contributed by atoms with Crippen LogP contribution in [-0.4, -0.2) is 17.1 Å². The molecule has 1 aromatic carbocycles. The van der Waals surface area contributed by atoms with Gasteiger partial charge in [0.1, 0.15) is 23.3 Å². The van der Waals surface area contributed by atoms with E-state index in [0.29, 0.717) is 22.5 Å². The lowest BCUT2D eigenvalue weighted by atomic mass is 10.00. The molecule has 0 N–H and O–H groups in total. The summed E-state index contributed by atoms with van der Waals surface area (Å²) in [6, 6.07) is 12.2. The first-order chi connectivity index (χ1) is 11.6. The third-order valence-electron chi connectivity index (χ3n) is 3.44. The summed E-state index contributed by atoms with van der Waals surface area (Å²) >= 11 is 0. The van der Waals surface area contributed by atoms with Gasteiger partial charge in [-0.2, -0.15) is 5.26 Å². The third-order valence-corrected chi connectivity index (χ3v) is 3.44. The lowest BCUT2D eigenvalue weighted by Crippen LogP contribution is -1.98. The summed E-state index contributed by atoms with van der Waals surface area (Å²) in [4.78, 5) is 8.25. The van der Waals surface area contributed by atoms with Crippen LogP contribution < -0.4 is 4.74 Å². The highest BCUT2D eigenvalue weighted by Gasteiger charge is 2.16. The number of ether oxygens (including phenoxy) is 1. The molecule has 0 unspecified atom stereocenters. The molecule has 118 valence electrons. The van der Waals surface area contributed by atoms with Gasteiger partial charge >= 0.3 is 0 Å². The molecular weight excluding hydrogens is 312 g/mol. The zero-order chi connectivity index (χ0) is 17.1. The van der Waals surface area contributed by atoms with Crippen LogP contribution in [0.1, 0.15) is 5.56 Å². The van der Waals surface area contributed by atoms with Gasteiger partial charge in [-0.1, -0.05) is 12.1 Å². The molecule has 0 atom stereocenters. The third kappa shape index (κ3) is 2.92. The Hall–Kier alpha value is -3.33. The Labute approximate surface area is 137 Å². The number of methoxy groups -OCH3 is 1. The summed E-state index contributed by atoms with van der Waals surface area (Å²) in [5.74, 6) is -0.711. The molecule has 0 aliphatic rings. The molecule has 0 saturated carbocycles. The summed E-state index contributed by atoms with van der Waals surface area (Å²) in [6.07, 6.45) is 1.08. The van der Waals surface area contributed by atoms with E-state index in [9.17, 15) is 14.0 Å². The minimum Gasteiger partial charge on any atom is -0.480 e. The maximum Gasteiger partial charge on any atom is 0.232 e. The second-order valence-electron chi connectivity index (χ2n) is 4.92. The maximum absolute atomic E-state index is 13.2. The minimum absolute atomic E-state index is 0.125. The van der Waals surface area contributed by atoms with E-state index < -0.39 is 5.82 Å². The van der Waals surface area contributed by atoms with Crippen LogP contribution in [0.4, 0.5) is 8.78 Å². The second-order valence-corrected chi connectivity index (χ2v) is 4.92. The number of pyridine rings is 2. The number of aromatic nitrogens is 2. The zero-order valence-electron chi connectivity index (χ0n) is 12.6. The van der Waals surface area contributed by atoms with Gasteiger partial charge in [-0.3, -0.25) is 4.98 Å². The number of benzene rings is 1. The minimum atomic E-state index is -0.460. The van der Waals surface area contributed by atoms with Crippen molar-refractivity contribution < 1.29 is 13.5 Å². The molecule has 0 radical (unpaired) electrons. The lowest BCUT2D eigenvalue weighted by Gasteiger charge is -2.11. The van der Waals surface area contributed by atoms with E-state index >= 15 is 0 Å². The number of nitriles is 1. The van der Waals surface area contributed by atoms with Gasteiger partial charge in [0.05, 0.1) is 24.7 Å². The molecule has 2 heterocycles. The largest absolute Gasteiger partial charge is 0.480 e. The van der Waals surface area contributed by atoms with Crippen molar-refractivity contribution in [1.82, 2.24) is 9.97 Å². The summed E-state index contributed by atoms with van der Waals surface area (Å²) in [7, 11) is 1.40. The van der Waals surface area contributed by atoms with Crippen molar-refractivity contribution in [1.29, 1.82) is 5.26 Å². The number of hydrogen-bond donors (Lipinski definition) is 0. The number of hydrogen-bond acceptors (Lipinski definition) is 4. The molecule has 0 aliphatic heterocycles. The quantitative estimate of drug-likeness (QED) is 0.732. The Morgan fingerprint density at radius 3 is 2.29 bits per heavy atom. The predicted octanol–water partition coefficient (Wildman–Crippen LogP) is 3.97. The Morgan fingerprint density at radius 2 is 1.71 bits per heavy atom. The number of nitrogens with zero attached hydrogens (tertiary/aromatic N) is 3. The summed E-state index contributed by atoms with van der Waals surface area (Å²) < 4.78 is 31.4. The molecule has 3 aromatic rings.